The van der Waals surface area contributed by atoms with Crippen molar-refractivity contribution in [3.63, 3.8) is 0 Å². The number of hydrogen-bond acceptors (Lipinski definition) is 6. The highest BCUT2D eigenvalue weighted by atomic mass is 35.5. The predicted molar refractivity (Wildman–Crippen MR) is 163 cm³/mol. The molecule has 0 aliphatic heterocycles. The van der Waals surface area contributed by atoms with Crippen LogP contribution in [0.15, 0.2) is 95.9 Å². The first-order chi connectivity index (χ1) is 19.5. The molecule has 0 saturated heterocycles. The van der Waals surface area contributed by atoms with Crippen molar-refractivity contribution in [3.8, 4) is 16.8 Å². The number of hydrogen-bond donors (Lipinski definition) is 3. The number of para-hydroxylation sites is 1. The highest BCUT2D eigenvalue weighted by molar-refractivity contribution is 7.92. The number of nitrogens with one attached hydrogen (secondary N) is 2. The van der Waals surface area contributed by atoms with Crippen LogP contribution in [-0.2, 0) is 10.0 Å². The Morgan fingerprint density at radius 3 is 2.44 bits per heavy atom. The minimum absolute atomic E-state index is 0.0228. The second-order valence-electron chi connectivity index (χ2n) is 9.56. The van der Waals surface area contributed by atoms with Crippen LogP contribution in [-0.4, -0.2) is 30.1 Å². The molecule has 5 aromatic rings. The number of rotatable bonds is 7. The Kier molecular flexibility index (Phi) is 7.53. The molecule has 2 heterocycles. The third-order valence-electron chi connectivity index (χ3n) is 6.49. The van der Waals surface area contributed by atoms with Gasteiger partial charge in [0.25, 0.3) is 11.5 Å². The average Bonchev–Trinajstić information content (AvgIpc) is 2.92. The van der Waals surface area contributed by atoms with Crippen LogP contribution in [0.3, 0.4) is 0 Å². The van der Waals surface area contributed by atoms with Gasteiger partial charge >= 0.3 is 0 Å². The molecule has 0 bridgehead atoms. The fraction of sp³-hybridized carbons (Fsp3) is 0.100. The van der Waals surface area contributed by atoms with Crippen molar-refractivity contribution < 1.29 is 13.2 Å². The Bertz CT molecular complexity index is 1960. The molecule has 0 radical (unpaired) electrons. The minimum atomic E-state index is -3.47. The zero-order chi connectivity index (χ0) is 29.3. The number of benzene rings is 3. The largest absolute Gasteiger partial charge is 0.383 e. The first-order valence-electron chi connectivity index (χ1n) is 12.6. The number of halogens is 1. The van der Waals surface area contributed by atoms with Gasteiger partial charge in [-0.15, -0.1) is 0 Å². The summed E-state index contributed by atoms with van der Waals surface area (Å²) in [4.78, 5) is 31.4. The predicted octanol–water partition coefficient (Wildman–Crippen LogP) is 5.15. The van der Waals surface area contributed by atoms with Gasteiger partial charge in [-0.1, -0.05) is 54.1 Å². The summed E-state index contributed by atoms with van der Waals surface area (Å²) in [6, 6.07) is 23.9. The van der Waals surface area contributed by atoms with Crippen molar-refractivity contribution in [1.29, 1.82) is 0 Å². The molecule has 0 aliphatic carbocycles. The number of nitrogen functional groups attached to an aromatic ring is 1. The molecule has 5 rings (SSSR count). The summed E-state index contributed by atoms with van der Waals surface area (Å²) in [5.41, 5.74) is 8.67. The SMILES string of the molecule is CC(NC(=O)c1cc(-c2cccc(NS(C)(=O)=O)c2)cnc1N)c1cc2cccc(Cl)c2c(=O)n1-c1ccccc1. The van der Waals surface area contributed by atoms with E-state index in [4.69, 9.17) is 17.3 Å². The van der Waals surface area contributed by atoms with E-state index >= 15 is 0 Å². The van der Waals surface area contributed by atoms with E-state index in [9.17, 15) is 18.0 Å². The van der Waals surface area contributed by atoms with E-state index < -0.39 is 22.0 Å². The highest BCUT2D eigenvalue weighted by Gasteiger charge is 2.21. The van der Waals surface area contributed by atoms with Crippen LogP contribution in [0.25, 0.3) is 27.6 Å². The third kappa shape index (κ3) is 5.93. The number of nitrogens with zero attached hydrogens (tertiary/aromatic N) is 2. The lowest BCUT2D eigenvalue weighted by molar-refractivity contribution is 0.0939. The molecule has 0 fully saturated rings. The Labute approximate surface area is 241 Å². The van der Waals surface area contributed by atoms with Crippen LogP contribution >= 0.6 is 11.6 Å². The monoisotopic (exact) mass is 587 g/mol. The Morgan fingerprint density at radius 2 is 1.71 bits per heavy atom. The van der Waals surface area contributed by atoms with E-state index in [0.29, 0.717) is 44.0 Å². The van der Waals surface area contributed by atoms with E-state index in [1.54, 1.807) is 67.6 Å². The lowest BCUT2D eigenvalue weighted by Gasteiger charge is -2.21. The normalized spacial score (nSPS) is 12.2. The van der Waals surface area contributed by atoms with Crippen LogP contribution in [0.5, 0.6) is 0 Å². The van der Waals surface area contributed by atoms with Gasteiger partial charge in [0.2, 0.25) is 10.0 Å². The highest BCUT2D eigenvalue weighted by Crippen LogP contribution is 2.28. The van der Waals surface area contributed by atoms with Crippen LogP contribution < -0.4 is 21.3 Å². The van der Waals surface area contributed by atoms with Crippen molar-refractivity contribution in [2.45, 2.75) is 13.0 Å². The van der Waals surface area contributed by atoms with E-state index in [0.717, 1.165) is 6.26 Å². The smallest absolute Gasteiger partial charge is 0.264 e. The van der Waals surface area contributed by atoms with Gasteiger partial charge in [0, 0.05) is 28.8 Å². The number of amides is 1. The van der Waals surface area contributed by atoms with Crippen molar-refractivity contribution in [3.05, 3.63) is 118 Å². The van der Waals surface area contributed by atoms with Crippen LogP contribution in [0, 0.1) is 0 Å². The molecule has 0 aliphatic rings. The van der Waals surface area contributed by atoms with Crippen LogP contribution in [0.4, 0.5) is 11.5 Å². The first-order valence-corrected chi connectivity index (χ1v) is 14.8. The standard InChI is InChI=1S/C30H26ClN5O4S/c1-18(26-16-20-9-7-13-25(31)27(20)30(38)36(26)23-11-4-3-5-12-23)34-29(37)24-15-21(17-33-28(24)32)19-8-6-10-22(14-19)35-41(2,39)40/h3-18,35H,1-2H3,(H2,32,33)(H,34,37). The third-order valence-corrected chi connectivity index (χ3v) is 7.41. The van der Waals surface area contributed by atoms with Crippen molar-refractivity contribution in [2.24, 2.45) is 0 Å². The van der Waals surface area contributed by atoms with Crippen molar-refractivity contribution in [2.75, 3.05) is 16.7 Å². The lowest BCUT2D eigenvalue weighted by Crippen LogP contribution is -2.32. The maximum Gasteiger partial charge on any atom is 0.264 e. The van der Waals surface area contributed by atoms with Gasteiger partial charge in [-0.05, 0) is 60.3 Å². The zero-order valence-electron chi connectivity index (χ0n) is 22.1. The van der Waals surface area contributed by atoms with Gasteiger partial charge in [0.15, 0.2) is 0 Å². The average molecular weight is 588 g/mol. The summed E-state index contributed by atoms with van der Waals surface area (Å²) in [5, 5.41) is 4.32. The molecule has 2 aromatic heterocycles. The number of sulfonamides is 1. The van der Waals surface area contributed by atoms with Gasteiger partial charge in [-0.2, -0.15) is 0 Å². The molecular weight excluding hydrogens is 562 g/mol. The summed E-state index contributed by atoms with van der Waals surface area (Å²) in [6.45, 7) is 1.77. The summed E-state index contributed by atoms with van der Waals surface area (Å²) in [5.74, 6) is -0.470. The number of carbonyl (C=O) groups excluding carboxylic acids is 1. The van der Waals surface area contributed by atoms with Gasteiger partial charge in [0.1, 0.15) is 5.82 Å². The second-order valence-corrected chi connectivity index (χ2v) is 11.7. The molecule has 208 valence electrons. The molecule has 9 nitrogen and oxygen atoms in total. The van der Waals surface area contributed by atoms with E-state index in [1.165, 1.54) is 10.8 Å². The minimum Gasteiger partial charge on any atom is -0.383 e. The fourth-order valence-electron chi connectivity index (χ4n) is 4.64. The Balaban J connectivity index is 1.52. The number of pyridine rings is 2. The van der Waals surface area contributed by atoms with Gasteiger partial charge < -0.3 is 11.1 Å². The van der Waals surface area contributed by atoms with Crippen molar-refractivity contribution in [1.82, 2.24) is 14.9 Å². The maximum atomic E-state index is 13.7. The number of anilines is 2. The summed E-state index contributed by atoms with van der Waals surface area (Å²) < 4.78 is 27.3. The quantitative estimate of drug-likeness (QED) is 0.241. The second kappa shape index (κ2) is 11.1. The van der Waals surface area contributed by atoms with Crippen LogP contribution in [0.1, 0.15) is 29.0 Å². The molecule has 0 saturated carbocycles. The number of fused-ring (bicyclic) bond motifs is 1. The summed E-state index contributed by atoms with van der Waals surface area (Å²) >= 11 is 6.40. The molecule has 11 heteroatoms. The molecule has 1 unspecified atom stereocenters. The molecular formula is C30H26ClN5O4S. The summed E-state index contributed by atoms with van der Waals surface area (Å²) in [7, 11) is -3.47. The Hall–Kier alpha value is -4.67. The zero-order valence-corrected chi connectivity index (χ0v) is 23.7. The van der Waals surface area contributed by atoms with Gasteiger partial charge in [-0.3, -0.25) is 18.9 Å². The van der Waals surface area contributed by atoms with Crippen molar-refractivity contribution >= 4 is 49.8 Å². The lowest BCUT2D eigenvalue weighted by atomic mass is 10.0. The summed E-state index contributed by atoms with van der Waals surface area (Å²) in [6.07, 6.45) is 2.57. The fourth-order valence-corrected chi connectivity index (χ4v) is 5.46. The molecule has 1 atom stereocenters. The molecule has 3 aromatic carbocycles. The Morgan fingerprint density at radius 1 is 0.976 bits per heavy atom. The molecule has 1 amide bonds. The molecule has 41 heavy (non-hydrogen) atoms. The maximum absolute atomic E-state index is 13.7. The van der Waals surface area contributed by atoms with E-state index in [1.807, 2.05) is 24.3 Å². The van der Waals surface area contributed by atoms with E-state index in [2.05, 4.69) is 15.0 Å². The van der Waals surface area contributed by atoms with E-state index in [-0.39, 0.29) is 16.9 Å². The molecule has 4 N–H and O–H groups in total. The number of carbonyl (C=O) groups is 1. The number of nitrogens with two attached hydrogens (primary N) is 1. The first kappa shape index (κ1) is 27.9. The number of aromatic nitrogens is 2. The van der Waals surface area contributed by atoms with Gasteiger partial charge in [-0.25, -0.2) is 13.4 Å². The molecule has 0 spiro atoms. The topological polar surface area (TPSA) is 136 Å². The van der Waals surface area contributed by atoms with Crippen LogP contribution in [0.2, 0.25) is 5.02 Å². The van der Waals surface area contributed by atoms with Gasteiger partial charge in [0.05, 0.1) is 28.3 Å².